The van der Waals surface area contributed by atoms with Crippen molar-refractivity contribution in [2.45, 2.75) is 26.7 Å². The predicted molar refractivity (Wildman–Crippen MR) is 106 cm³/mol. The first kappa shape index (κ1) is 18.7. The van der Waals surface area contributed by atoms with Gasteiger partial charge in [-0.15, -0.1) is 0 Å². The van der Waals surface area contributed by atoms with Crippen LogP contribution in [0.5, 0.6) is 0 Å². The molecule has 0 saturated carbocycles. The van der Waals surface area contributed by atoms with Crippen molar-refractivity contribution in [3.8, 4) is 0 Å². The maximum atomic E-state index is 12.7. The van der Waals surface area contributed by atoms with E-state index >= 15 is 0 Å². The second-order valence-electron chi connectivity index (χ2n) is 6.59. The number of nitrogens with zero attached hydrogens (tertiary/aromatic N) is 1. The Morgan fingerprint density at radius 1 is 1.08 bits per heavy atom. The van der Waals surface area contributed by atoms with Crippen molar-refractivity contribution in [1.82, 2.24) is 0 Å². The summed E-state index contributed by atoms with van der Waals surface area (Å²) in [5, 5.41) is 3.12. The zero-order valence-corrected chi connectivity index (χ0v) is 16.3. The van der Waals surface area contributed by atoms with Crippen molar-refractivity contribution in [1.29, 1.82) is 0 Å². The van der Waals surface area contributed by atoms with Crippen LogP contribution >= 0.6 is 11.6 Å². The smallest absolute Gasteiger partial charge is 0.257 e. The van der Waals surface area contributed by atoms with Crippen molar-refractivity contribution in [2.24, 2.45) is 0 Å². The molecule has 0 unspecified atom stereocenters. The van der Waals surface area contributed by atoms with Crippen LogP contribution in [0.2, 0.25) is 5.02 Å². The first-order valence-electron chi connectivity index (χ1n) is 8.46. The lowest BCUT2D eigenvalue weighted by atomic mass is 10.1. The molecule has 26 heavy (non-hydrogen) atoms. The Morgan fingerprint density at radius 3 is 2.42 bits per heavy atom. The zero-order chi connectivity index (χ0) is 18.9. The Balaban J connectivity index is 1.91. The Hall–Kier alpha value is -2.05. The largest absolute Gasteiger partial charge is 0.322 e. The molecule has 3 rings (SSSR count). The first-order chi connectivity index (χ1) is 12.3. The summed E-state index contributed by atoms with van der Waals surface area (Å²) in [4.78, 5) is 12.7. The fourth-order valence-corrected chi connectivity index (χ4v) is 5.00. The molecule has 2 aromatic rings. The lowest BCUT2D eigenvalue weighted by Gasteiger charge is -2.28. The number of hydrogen-bond donors (Lipinski definition) is 1. The van der Waals surface area contributed by atoms with E-state index in [0.717, 1.165) is 17.5 Å². The Bertz CT molecular complexity index is 937. The van der Waals surface area contributed by atoms with E-state index in [1.165, 1.54) is 4.31 Å². The highest BCUT2D eigenvalue weighted by Crippen LogP contribution is 2.28. The maximum absolute atomic E-state index is 12.7. The van der Waals surface area contributed by atoms with Gasteiger partial charge in [0, 0.05) is 12.2 Å². The fourth-order valence-electron chi connectivity index (χ4n) is 3.17. The molecule has 0 spiro atoms. The van der Waals surface area contributed by atoms with E-state index in [2.05, 4.69) is 5.32 Å². The van der Waals surface area contributed by atoms with Gasteiger partial charge in [0.25, 0.3) is 5.91 Å². The first-order valence-corrected chi connectivity index (χ1v) is 10.4. The minimum absolute atomic E-state index is 0.125. The van der Waals surface area contributed by atoms with E-state index in [9.17, 15) is 13.2 Å². The number of carbonyl (C=O) groups excluding carboxylic acids is 1. The molecule has 1 amide bonds. The summed E-state index contributed by atoms with van der Waals surface area (Å²) in [6.45, 7) is 4.33. The summed E-state index contributed by atoms with van der Waals surface area (Å²) in [6, 6.07) is 10.5. The second-order valence-corrected chi connectivity index (χ2v) is 9.01. The minimum Gasteiger partial charge on any atom is -0.322 e. The molecule has 1 N–H and O–H groups in total. The zero-order valence-electron chi connectivity index (χ0n) is 14.8. The summed E-state index contributed by atoms with van der Waals surface area (Å²) >= 11 is 6.20. The molecule has 0 radical (unpaired) electrons. The summed E-state index contributed by atoms with van der Waals surface area (Å²) in [7, 11) is -3.34. The molecule has 1 saturated heterocycles. The third kappa shape index (κ3) is 4.02. The quantitative estimate of drug-likeness (QED) is 0.853. The number of hydrogen-bond acceptors (Lipinski definition) is 3. The molecular weight excluding hydrogens is 372 g/mol. The molecule has 0 atom stereocenters. The van der Waals surface area contributed by atoms with E-state index in [1.54, 1.807) is 18.2 Å². The van der Waals surface area contributed by atoms with E-state index in [0.29, 0.717) is 24.3 Å². The summed E-state index contributed by atoms with van der Waals surface area (Å²) in [5.41, 5.74) is 3.49. The van der Waals surface area contributed by atoms with Crippen molar-refractivity contribution in [3.63, 3.8) is 0 Å². The number of rotatable bonds is 3. The molecule has 2 aromatic carbocycles. The molecule has 0 bridgehead atoms. The van der Waals surface area contributed by atoms with Gasteiger partial charge in [-0.25, -0.2) is 8.42 Å². The number of anilines is 2. The van der Waals surface area contributed by atoms with Crippen LogP contribution in [0.15, 0.2) is 36.4 Å². The van der Waals surface area contributed by atoms with Crippen LogP contribution in [0, 0.1) is 13.8 Å². The Kier molecular flexibility index (Phi) is 5.25. The van der Waals surface area contributed by atoms with Gasteiger partial charge in [-0.05, 0) is 68.1 Å². The van der Waals surface area contributed by atoms with Gasteiger partial charge in [-0.3, -0.25) is 9.10 Å². The predicted octanol–water partition coefficient (Wildman–Crippen LogP) is 4.14. The average Bonchev–Trinajstić information content (AvgIpc) is 2.54. The number of amides is 1. The molecule has 0 aliphatic carbocycles. The van der Waals surface area contributed by atoms with Crippen molar-refractivity contribution < 1.29 is 13.2 Å². The molecule has 138 valence electrons. The number of aryl methyl sites for hydroxylation is 2. The van der Waals surface area contributed by atoms with Gasteiger partial charge in [-0.1, -0.05) is 17.7 Å². The standard InChI is InChI=1S/C19H21ClN2O3S/c1-13-9-14(2)11-15(10-13)21-19(23)17-12-16(5-6-18(17)20)22-7-3-4-8-26(22,24)25/h5-6,9-12H,3-4,7-8H2,1-2H3,(H,21,23). The van der Waals surface area contributed by atoms with Crippen LogP contribution in [0.1, 0.15) is 34.3 Å². The lowest BCUT2D eigenvalue weighted by Crippen LogP contribution is -2.38. The van der Waals surface area contributed by atoms with Gasteiger partial charge in [0.05, 0.1) is 22.0 Å². The van der Waals surface area contributed by atoms with Crippen molar-refractivity contribution in [3.05, 3.63) is 58.1 Å². The van der Waals surface area contributed by atoms with Gasteiger partial charge in [-0.2, -0.15) is 0 Å². The van der Waals surface area contributed by atoms with Crippen LogP contribution in [-0.2, 0) is 10.0 Å². The molecule has 5 nitrogen and oxygen atoms in total. The third-order valence-corrected chi connectivity index (χ3v) is 6.51. The fraction of sp³-hybridized carbons (Fsp3) is 0.316. The van der Waals surface area contributed by atoms with Crippen molar-refractivity contribution in [2.75, 3.05) is 21.9 Å². The van der Waals surface area contributed by atoms with Crippen LogP contribution in [0.3, 0.4) is 0 Å². The van der Waals surface area contributed by atoms with Crippen LogP contribution in [-0.4, -0.2) is 26.6 Å². The van der Waals surface area contributed by atoms with Gasteiger partial charge < -0.3 is 5.32 Å². The highest BCUT2D eigenvalue weighted by Gasteiger charge is 2.27. The summed E-state index contributed by atoms with van der Waals surface area (Å²) in [6.07, 6.45) is 1.46. The maximum Gasteiger partial charge on any atom is 0.257 e. The van der Waals surface area contributed by atoms with Gasteiger partial charge in [0.15, 0.2) is 0 Å². The number of halogens is 1. The monoisotopic (exact) mass is 392 g/mol. The van der Waals surface area contributed by atoms with Gasteiger partial charge >= 0.3 is 0 Å². The number of benzene rings is 2. The average molecular weight is 393 g/mol. The molecule has 1 fully saturated rings. The van der Waals surface area contributed by atoms with E-state index in [1.807, 2.05) is 32.0 Å². The van der Waals surface area contributed by atoms with E-state index in [4.69, 9.17) is 11.6 Å². The lowest BCUT2D eigenvalue weighted by molar-refractivity contribution is 0.102. The summed E-state index contributed by atoms with van der Waals surface area (Å²) in [5.74, 6) is -0.240. The second kappa shape index (κ2) is 7.29. The van der Waals surface area contributed by atoms with Gasteiger partial charge in [0.1, 0.15) is 0 Å². The molecule has 7 heteroatoms. The molecule has 1 aliphatic heterocycles. The topological polar surface area (TPSA) is 66.5 Å². The van der Waals surface area contributed by atoms with Gasteiger partial charge in [0.2, 0.25) is 10.0 Å². The van der Waals surface area contributed by atoms with Crippen molar-refractivity contribution >= 4 is 38.9 Å². The third-order valence-electron chi connectivity index (χ3n) is 4.31. The number of sulfonamides is 1. The molecule has 1 aliphatic rings. The minimum atomic E-state index is -3.34. The van der Waals surface area contributed by atoms with Crippen LogP contribution in [0.4, 0.5) is 11.4 Å². The number of carbonyl (C=O) groups is 1. The number of nitrogens with one attached hydrogen (secondary N) is 1. The van der Waals surface area contributed by atoms with Crippen LogP contribution < -0.4 is 9.62 Å². The Morgan fingerprint density at radius 2 is 1.77 bits per heavy atom. The molecule has 1 heterocycles. The summed E-state index contributed by atoms with van der Waals surface area (Å²) < 4.78 is 26.0. The van der Waals surface area contributed by atoms with E-state index < -0.39 is 10.0 Å². The molecule has 0 aromatic heterocycles. The normalized spacial score (nSPS) is 16.3. The van der Waals surface area contributed by atoms with Crippen LogP contribution in [0.25, 0.3) is 0 Å². The SMILES string of the molecule is Cc1cc(C)cc(NC(=O)c2cc(N3CCCCS3(=O)=O)ccc2Cl)c1. The van der Waals surface area contributed by atoms with E-state index in [-0.39, 0.29) is 22.2 Å². The highest BCUT2D eigenvalue weighted by atomic mass is 35.5. The highest BCUT2D eigenvalue weighted by molar-refractivity contribution is 7.92. The molecular formula is C19H21ClN2O3S. The Labute approximate surface area is 159 Å².